The molecule has 0 atom stereocenters. The van der Waals surface area contributed by atoms with Crippen LogP contribution < -0.4 is 17.0 Å². The lowest BCUT2D eigenvalue weighted by Crippen LogP contribution is -2.20. The predicted octanol–water partition coefficient (Wildman–Crippen LogP) is 2.51. The second-order valence-corrected chi connectivity index (χ2v) is 5.37. The van der Waals surface area contributed by atoms with Crippen molar-refractivity contribution in [2.45, 2.75) is 19.5 Å². The molecule has 0 bridgehead atoms. The van der Waals surface area contributed by atoms with E-state index in [1.165, 1.54) is 24.3 Å². The first-order chi connectivity index (χ1) is 11.6. The lowest BCUT2D eigenvalue weighted by molar-refractivity contribution is 0.309. The molecule has 5 nitrogen and oxygen atoms in total. The lowest BCUT2D eigenvalue weighted by atomic mass is 10.2. The molecule has 5 N–H and O–H groups in total. The minimum atomic E-state index is -0.229. The summed E-state index contributed by atoms with van der Waals surface area (Å²) in [6.07, 6.45) is 0.801. The first-order valence-electron chi connectivity index (χ1n) is 7.57. The number of hydrazine groups is 1. The van der Waals surface area contributed by atoms with Gasteiger partial charge >= 0.3 is 0 Å². The van der Waals surface area contributed by atoms with Gasteiger partial charge in [0.05, 0.1) is 6.54 Å². The zero-order chi connectivity index (χ0) is 17.4. The smallest absolute Gasteiger partial charge is 0.123 e. The number of nitrogens with zero attached hydrogens (tertiary/aromatic N) is 2. The maximum absolute atomic E-state index is 12.8. The van der Waals surface area contributed by atoms with Crippen LogP contribution in [0.5, 0.6) is 0 Å². The Kier molecular flexibility index (Phi) is 8.83. The molecule has 8 heteroatoms. The lowest BCUT2D eigenvalue weighted by Gasteiger charge is -2.12. The monoisotopic (exact) mass is 369 g/mol. The van der Waals surface area contributed by atoms with Crippen LogP contribution >= 0.6 is 12.4 Å². The van der Waals surface area contributed by atoms with Crippen LogP contribution in [-0.4, -0.2) is 17.4 Å². The topological polar surface area (TPSA) is 79.7 Å². The van der Waals surface area contributed by atoms with Gasteiger partial charge in [-0.2, -0.15) is 5.10 Å². The van der Waals surface area contributed by atoms with E-state index in [-0.39, 0.29) is 24.0 Å². The summed E-state index contributed by atoms with van der Waals surface area (Å²) in [6.45, 7) is 1.94. The van der Waals surface area contributed by atoms with E-state index in [0.29, 0.717) is 18.9 Å². The quantitative estimate of drug-likeness (QED) is 0.571. The summed E-state index contributed by atoms with van der Waals surface area (Å²) in [4.78, 5) is 0. The van der Waals surface area contributed by atoms with Crippen molar-refractivity contribution >= 4 is 18.2 Å². The van der Waals surface area contributed by atoms with E-state index < -0.39 is 0 Å². The molecule has 0 aliphatic carbocycles. The maximum Gasteiger partial charge on any atom is 0.123 e. The number of rotatable bonds is 4. The van der Waals surface area contributed by atoms with E-state index in [0.717, 1.165) is 24.1 Å². The molecule has 1 heterocycles. The Morgan fingerprint density at radius 2 is 1.64 bits per heavy atom. The molecule has 0 saturated heterocycles. The van der Waals surface area contributed by atoms with E-state index >= 15 is 0 Å². The highest BCUT2D eigenvalue weighted by Gasteiger charge is 2.11. The van der Waals surface area contributed by atoms with E-state index in [1.807, 2.05) is 17.1 Å². The van der Waals surface area contributed by atoms with Gasteiger partial charge in [-0.1, -0.05) is 24.3 Å². The van der Waals surface area contributed by atoms with Crippen LogP contribution in [0.25, 0.3) is 0 Å². The average molecular weight is 370 g/mol. The molecule has 0 spiro atoms. The van der Waals surface area contributed by atoms with Gasteiger partial charge in [0, 0.05) is 19.5 Å². The number of benzene rings is 2. The minimum Gasteiger partial charge on any atom is -0.386 e. The van der Waals surface area contributed by atoms with Crippen molar-refractivity contribution in [3.8, 4) is 0 Å². The molecule has 3 rings (SSSR count). The van der Waals surface area contributed by atoms with Crippen molar-refractivity contribution in [1.29, 1.82) is 0 Å². The molecule has 0 aromatic heterocycles. The van der Waals surface area contributed by atoms with E-state index in [2.05, 4.69) is 10.5 Å². The summed E-state index contributed by atoms with van der Waals surface area (Å²) < 4.78 is 25.3. The molecule has 0 saturated carbocycles. The van der Waals surface area contributed by atoms with Crippen molar-refractivity contribution in [3.05, 3.63) is 71.3 Å². The molecule has 1 aliphatic rings. The third-order valence-electron chi connectivity index (χ3n) is 3.35. The number of hydrogen-bond acceptors (Lipinski definition) is 5. The van der Waals surface area contributed by atoms with Crippen LogP contribution in [0.4, 0.5) is 8.78 Å². The average Bonchev–Trinajstić information content (AvgIpc) is 2.93. The summed E-state index contributed by atoms with van der Waals surface area (Å²) in [5, 5.41) is 5.97. The SMILES string of the molecule is Cl.NC1=NN(Cc2cccc(F)c2)CC1.NNCc1cccc(F)c1. The standard InChI is InChI=1S/C10H12FN3.C7H9FN2.ClH/c11-9-3-1-2-8(6-9)7-14-5-4-10(12)13-14;8-7-3-1-2-6(4-7)5-10-9;/h1-3,6H,4-5,7H2,(H2,12,13);1-4,10H,5,9H2;1H. The number of nitrogens with one attached hydrogen (secondary N) is 1. The Morgan fingerprint density at radius 3 is 2.16 bits per heavy atom. The minimum absolute atomic E-state index is 0. The van der Waals surface area contributed by atoms with Crippen molar-refractivity contribution in [2.75, 3.05) is 6.54 Å². The fraction of sp³-hybridized carbons (Fsp3) is 0.235. The second-order valence-electron chi connectivity index (χ2n) is 5.37. The first-order valence-corrected chi connectivity index (χ1v) is 7.57. The van der Waals surface area contributed by atoms with Crippen LogP contribution in [0.15, 0.2) is 53.6 Å². The Bertz CT molecular complexity index is 696. The molecule has 25 heavy (non-hydrogen) atoms. The van der Waals surface area contributed by atoms with Crippen molar-refractivity contribution in [2.24, 2.45) is 16.7 Å². The zero-order valence-corrected chi connectivity index (χ0v) is 14.5. The highest BCUT2D eigenvalue weighted by Crippen LogP contribution is 2.11. The number of halogens is 3. The Morgan fingerprint density at radius 1 is 1.04 bits per heavy atom. The first kappa shape index (κ1) is 20.8. The Hall–Kier alpha value is -2.22. The van der Waals surface area contributed by atoms with E-state index in [1.54, 1.807) is 12.1 Å². The van der Waals surface area contributed by atoms with Gasteiger partial charge in [-0.3, -0.25) is 16.3 Å². The van der Waals surface area contributed by atoms with Crippen LogP contribution in [0.1, 0.15) is 17.5 Å². The molecule has 2 aromatic carbocycles. The normalized spacial score (nSPS) is 12.8. The van der Waals surface area contributed by atoms with E-state index in [4.69, 9.17) is 11.6 Å². The van der Waals surface area contributed by atoms with Gasteiger partial charge in [-0.15, -0.1) is 12.4 Å². The van der Waals surface area contributed by atoms with Crippen LogP contribution in [0, 0.1) is 11.6 Å². The predicted molar refractivity (Wildman–Crippen MR) is 97.7 cm³/mol. The van der Waals surface area contributed by atoms with Crippen molar-refractivity contribution in [1.82, 2.24) is 10.4 Å². The third-order valence-corrected chi connectivity index (χ3v) is 3.35. The highest BCUT2D eigenvalue weighted by molar-refractivity contribution is 5.85. The molecule has 0 amide bonds. The van der Waals surface area contributed by atoms with Gasteiger partial charge in [0.2, 0.25) is 0 Å². The molecular weight excluding hydrogens is 348 g/mol. The van der Waals surface area contributed by atoms with E-state index in [9.17, 15) is 8.78 Å². The summed E-state index contributed by atoms with van der Waals surface area (Å²) in [6, 6.07) is 12.8. The summed E-state index contributed by atoms with van der Waals surface area (Å²) in [5.74, 6) is 5.25. The third kappa shape index (κ3) is 7.47. The number of amidine groups is 1. The fourth-order valence-electron chi connectivity index (χ4n) is 2.25. The summed E-state index contributed by atoms with van der Waals surface area (Å²) in [5.41, 5.74) is 9.76. The number of nitrogens with two attached hydrogens (primary N) is 2. The van der Waals surface area contributed by atoms with Gasteiger partial charge < -0.3 is 5.73 Å². The highest BCUT2D eigenvalue weighted by atomic mass is 35.5. The molecule has 0 fully saturated rings. The number of hydrazone groups is 1. The van der Waals surface area contributed by atoms with Gasteiger partial charge in [0.25, 0.3) is 0 Å². The Labute approximate surface area is 152 Å². The number of hydrogen-bond donors (Lipinski definition) is 3. The van der Waals surface area contributed by atoms with Gasteiger partial charge in [-0.05, 0) is 35.4 Å². The summed E-state index contributed by atoms with van der Waals surface area (Å²) in [7, 11) is 0. The molecule has 1 aliphatic heterocycles. The van der Waals surface area contributed by atoms with Gasteiger partial charge in [0.15, 0.2) is 0 Å². The molecule has 0 radical (unpaired) electrons. The van der Waals surface area contributed by atoms with Crippen LogP contribution in [-0.2, 0) is 13.1 Å². The molecule has 136 valence electrons. The van der Waals surface area contributed by atoms with Crippen molar-refractivity contribution in [3.63, 3.8) is 0 Å². The fourth-order valence-corrected chi connectivity index (χ4v) is 2.25. The largest absolute Gasteiger partial charge is 0.386 e. The molecular formula is C17H22ClF2N5. The maximum atomic E-state index is 12.8. The van der Waals surface area contributed by atoms with Gasteiger partial charge in [-0.25, -0.2) is 8.78 Å². The van der Waals surface area contributed by atoms with Crippen LogP contribution in [0.3, 0.4) is 0 Å². The van der Waals surface area contributed by atoms with Crippen LogP contribution in [0.2, 0.25) is 0 Å². The summed E-state index contributed by atoms with van der Waals surface area (Å²) >= 11 is 0. The Balaban J connectivity index is 0.000000254. The van der Waals surface area contributed by atoms with Crippen molar-refractivity contribution < 1.29 is 8.78 Å². The van der Waals surface area contributed by atoms with Gasteiger partial charge in [0.1, 0.15) is 17.5 Å². The zero-order valence-electron chi connectivity index (χ0n) is 13.7. The molecule has 2 aromatic rings. The second kappa shape index (κ2) is 10.6. The molecule has 0 unspecified atom stereocenters.